The second kappa shape index (κ2) is 6.96. The molecule has 5 heteroatoms. The lowest BCUT2D eigenvalue weighted by Gasteiger charge is -2.19. The Hall–Kier alpha value is -1.01. The molecule has 1 N–H and O–H groups in total. The van der Waals surface area contributed by atoms with Crippen molar-refractivity contribution < 1.29 is 9.47 Å². The fraction of sp³-hybridized carbons (Fsp3) is 0.500. The fourth-order valence-corrected chi connectivity index (χ4v) is 2.71. The highest BCUT2D eigenvalue weighted by atomic mass is 32.1. The van der Waals surface area contributed by atoms with Gasteiger partial charge in [-0.05, 0) is 30.0 Å². The molecule has 2 unspecified atom stereocenters. The number of fused-ring (bicyclic) bond motifs is 1. The van der Waals surface area contributed by atoms with Crippen LogP contribution in [0.15, 0.2) is 23.7 Å². The van der Waals surface area contributed by atoms with Crippen LogP contribution in [-0.4, -0.2) is 38.5 Å². The van der Waals surface area contributed by atoms with Gasteiger partial charge in [0.05, 0.1) is 22.9 Å². The van der Waals surface area contributed by atoms with Crippen molar-refractivity contribution in [3.63, 3.8) is 0 Å². The van der Waals surface area contributed by atoms with Crippen molar-refractivity contribution in [2.75, 3.05) is 27.4 Å². The lowest BCUT2D eigenvalue weighted by atomic mass is 10.1. The van der Waals surface area contributed by atoms with Crippen molar-refractivity contribution in [2.24, 2.45) is 0 Å². The molecular weight excluding hydrogens is 260 g/mol. The Labute approximate surface area is 117 Å². The summed E-state index contributed by atoms with van der Waals surface area (Å²) in [6.45, 7) is 3.49. The third-order valence-corrected chi connectivity index (χ3v) is 4.01. The minimum absolute atomic E-state index is 0.0749. The van der Waals surface area contributed by atoms with Crippen molar-refractivity contribution in [1.82, 2.24) is 10.3 Å². The molecule has 0 spiro atoms. The molecule has 0 saturated carbocycles. The average molecular weight is 280 g/mol. The van der Waals surface area contributed by atoms with E-state index < -0.39 is 0 Å². The number of methoxy groups -OCH3 is 2. The van der Waals surface area contributed by atoms with E-state index in [1.54, 1.807) is 25.6 Å². The van der Waals surface area contributed by atoms with Crippen molar-refractivity contribution >= 4 is 21.6 Å². The second-order valence-corrected chi connectivity index (χ2v) is 5.46. The highest BCUT2D eigenvalue weighted by Crippen LogP contribution is 2.22. The fourth-order valence-electron chi connectivity index (χ4n) is 1.92. The number of nitrogens with one attached hydrogen (secondary N) is 1. The van der Waals surface area contributed by atoms with Crippen LogP contribution in [0.1, 0.15) is 18.5 Å². The molecule has 2 atom stereocenters. The molecule has 0 bridgehead atoms. The van der Waals surface area contributed by atoms with E-state index in [9.17, 15) is 0 Å². The summed E-state index contributed by atoms with van der Waals surface area (Å²) in [5.41, 5.74) is 2.26. The van der Waals surface area contributed by atoms with Crippen LogP contribution in [0.3, 0.4) is 0 Å². The van der Waals surface area contributed by atoms with Gasteiger partial charge < -0.3 is 14.8 Å². The molecule has 0 saturated heterocycles. The zero-order chi connectivity index (χ0) is 13.7. The predicted molar refractivity (Wildman–Crippen MR) is 78.7 cm³/mol. The second-order valence-electron chi connectivity index (χ2n) is 4.52. The molecule has 0 amide bonds. The maximum atomic E-state index is 5.33. The maximum absolute atomic E-state index is 5.33. The number of hydrogen-bond donors (Lipinski definition) is 1. The van der Waals surface area contributed by atoms with Gasteiger partial charge in [0, 0.05) is 33.0 Å². The van der Waals surface area contributed by atoms with Crippen LogP contribution in [0, 0.1) is 0 Å². The van der Waals surface area contributed by atoms with Gasteiger partial charge in [-0.15, -0.1) is 11.3 Å². The van der Waals surface area contributed by atoms with E-state index >= 15 is 0 Å². The average Bonchev–Trinajstić information content (AvgIpc) is 2.90. The summed E-state index contributed by atoms with van der Waals surface area (Å²) >= 11 is 1.72. The van der Waals surface area contributed by atoms with Gasteiger partial charge in [-0.1, -0.05) is 0 Å². The van der Waals surface area contributed by atoms with E-state index in [1.807, 2.05) is 12.3 Å². The van der Waals surface area contributed by atoms with Gasteiger partial charge in [-0.2, -0.15) is 0 Å². The molecule has 2 aromatic rings. The normalized spacial score (nSPS) is 14.7. The Morgan fingerprint density at radius 2 is 2.26 bits per heavy atom. The topological polar surface area (TPSA) is 43.4 Å². The van der Waals surface area contributed by atoms with Gasteiger partial charge in [0.15, 0.2) is 0 Å². The Morgan fingerprint density at radius 1 is 1.42 bits per heavy atom. The van der Waals surface area contributed by atoms with Crippen LogP contribution in [0.5, 0.6) is 0 Å². The number of nitrogens with zero attached hydrogens (tertiary/aromatic N) is 1. The molecule has 0 aliphatic rings. The Kier molecular flexibility index (Phi) is 5.27. The van der Waals surface area contributed by atoms with Crippen LogP contribution in [0.4, 0.5) is 0 Å². The zero-order valence-corrected chi connectivity index (χ0v) is 12.4. The van der Waals surface area contributed by atoms with Crippen LogP contribution < -0.4 is 5.32 Å². The molecular formula is C14H20N2O2S. The molecule has 0 aromatic carbocycles. The molecule has 0 radical (unpaired) electrons. The minimum atomic E-state index is 0.0749. The molecule has 0 aliphatic heterocycles. The first-order valence-electron chi connectivity index (χ1n) is 6.33. The summed E-state index contributed by atoms with van der Waals surface area (Å²) in [5.74, 6) is 0. The monoisotopic (exact) mass is 280 g/mol. The van der Waals surface area contributed by atoms with Gasteiger partial charge in [-0.25, -0.2) is 0 Å². The number of pyridine rings is 1. The molecule has 0 fully saturated rings. The van der Waals surface area contributed by atoms with Crippen molar-refractivity contribution in [3.05, 3.63) is 29.3 Å². The van der Waals surface area contributed by atoms with E-state index in [4.69, 9.17) is 9.47 Å². The molecule has 0 aliphatic carbocycles. The van der Waals surface area contributed by atoms with Gasteiger partial charge in [-0.3, -0.25) is 4.98 Å². The molecule has 2 rings (SSSR count). The first-order valence-corrected chi connectivity index (χ1v) is 7.20. The number of thiophene rings is 1. The third kappa shape index (κ3) is 3.73. The lowest BCUT2D eigenvalue weighted by Crippen LogP contribution is -2.33. The molecule has 104 valence electrons. The molecule has 4 nitrogen and oxygen atoms in total. The van der Waals surface area contributed by atoms with Crippen LogP contribution >= 0.6 is 11.3 Å². The van der Waals surface area contributed by atoms with Crippen molar-refractivity contribution in [3.8, 4) is 0 Å². The first kappa shape index (κ1) is 14.4. The highest BCUT2D eigenvalue weighted by molar-refractivity contribution is 7.17. The highest BCUT2D eigenvalue weighted by Gasteiger charge is 2.11. The predicted octanol–water partition coefficient (Wildman–Crippen LogP) is 2.61. The maximum Gasteiger partial charge on any atom is 0.0928 e. The Bertz CT molecular complexity index is 515. The SMILES string of the molecule is COCC(CNC(C)c1cnc2ccsc2c1)OC. The summed E-state index contributed by atoms with van der Waals surface area (Å²) in [4.78, 5) is 4.46. The minimum Gasteiger partial charge on any atom is -0.382 e. The molecule has 2 aromatic heterocycles. The summed E-state index contributed by atoms with van der Waals surface area (Å²) in [7, 11) is 3.39. The Morgan fingerprint density at radius 3 is 3.00 bits per heavy atom. The van der Waals surface area contributed by atoms with E-state index in [2.05, 4.69) is 28.7 Å². The summed E-state index contributed by atoms with van der Waals surface area (Å²) in [6.07, 6.45) is 2.01. The summed E-state index contributed by atoms with van der Waals surface area (Å²) in [6, 6.07) is 4.48. The quantitative estimate of drug-likeness (QED) is 0.846. The van der Waals surface area contributed by atoms with E-state index in [-0.39, 0.29) is 12.1 Å². The third-order valence-electron chi connectivity index (χ3n) is 3.16. The van der Waals surface area contributed by atoms with Gasteiger partial charge in [0.1, 0.15) is 0 Å². The molecule has 2 heterocycles. The van der Waals surface area contributed by atoms with Gasteiger partial charge >= 0.3 is 0 Å². The number of aromatic nitrogens is 1. The number of ether oxygens (including phenoxy) is 2. The standard InChI is InChI=1S/C14H20N2O2S/c1-10(15-8-12(18-3)9-17-2)11-6-14-13(16-7-11)4-5-19-14/h4-7,10,12,15H,8-9H2,1-3H3. The summed E-state index contributed by atoms with van der Waals surface area (Å²) < 4.78 is 11.7. The van der Waals surface area contributed by atoms with Crippen LogP contribution in [-0.2, 0) is 9.47 Å². The zero-order valence-electron chi connectivity index (χ0n) is 11.6. The summed E-state index contributed by atoms with van der Waals surface area (Å²) in [5, 5.41) is 5.52. The van der Waals surface area contributed by atoms with Gasteiger partial charge in [0.2, 0.25) is 0 Å². The van der Waals surface area contributed by atoms with E-state index in [0.717, 1.165) is 12.1 Å². The van der Waals surface area contributed by atoms with E-state index in [1.165, 1.54) is 10.3 Å². The van der Waals surface area contributed by atoms with Gasteiger partial charge in [0.25, 0.3) is 0 Å². The lowest BCUT2D eigenvalue weighted by molar-refractivity contribution is 0.0276. The molecule has 19 heavy (non-hydrogen) atoms. The van der Waals surface area contributed by atoms with E-state index in [0.29, 0.717) is 6.61 Å². The number of hydrogen-bond acceptors (Lipinski definition) is 5. The largest absolute Gasteiger partial charge is 0.382 e. The van der Waals surface area contributed by atoms with Crippen LogP contribution in [0.2, 0.25) is 0 Å². The Balaban J connectivity index is 1.96. The first-order chi connectivity index (χ1) is 9.24. The van der Waals surface area contributed by atoms with Crippen molar-refractivity contribution in [1.29, 1.82) is 0 Å². The smallest absolute Gasteiger partial charge is 0.0928 e. The van der Waals surface area contributed by atoms with Crippen molar-refractivity contribution in [2.45, 2.75) is 19.1 Å². The number of rotatable bonds is 7. The van der Waals surface area contributed by atoms with Crippen LogP contribution in [0.25, 0.3) is 10.2 Å².